The second kappa shape index (κ2) is 10.1. The number of carbonyl (C=O) groups excluding carboxylic acids is 1. The average Bonchev–Trinajstić information content (AvgIpc) is 2.70. The number of hydrogen-bond acceptors (Lipinski definition) is 4. The van der Waals surface area contributed by atoms with Crippen molar-refractivity contribution >= 4 is 5.91 Å². The number of hydrogen-bond donors (Lipinski definition) is 1. The lowest BCUT2D eigenvalue weighted by molar-refractivity contribution is -0.122. The lowest BCUT2D eigenvalue weighted by atomic mass is 10.2. The van der Waals surface area contributed by atoms with E-state index >= 15 is 0 Å². The molecule has 1 aliphatic heterocycles. The summed E-state index contributed by atoms with van der Waals surface area (Å²) in [6.07, 6.45) is 0. The summed E-state index contributed by atoms with van der Waals surface area (Å²) in [5.74, 6) is 1.02. The quantitative estimate of drug-likeness (QED) is 0.778. The Morgan fingerprint density at radius 3 is 2.33 bits per heavy atom. The summed E-state index contributed by atoms with van der Waals surface area (Å²) in [4.78, 5) is 16.7. The molecule has 1 amide bonds. The van der Waals surface area contributed by atoms with E-state index in [0.29, 0.717) is 19.7 Å². The van der Waals surface area contributed by atoms with Gasteiger partial charge in [-0.15, -0.1) is 0 Å². The molecule has 2 aromatic rings. The first-order valence-electron chi connectivity index (χ1n) is 9.64. The molecule has 5 heteroatoms. The Bertz CT molecular complexity index is 695. The number of piperazine rings is 1. The second-order valence-electron chi connectivity index (χ2n) is 7.04. The van der Waals surface area contributed by atoms with Crippen LogP contribution in [-0.4, -0.2) is 61.6 Å². The van der Waals surface area contributed by atoms with Crippen LogP contribution in [0.4, 0.5) is 0 Å². The third-order valence-corrected chi connectivity index (χ3v) is 4.86. The molecule has 5 nitrogen and oxygen atoms in total. The summed E-state index contributed by atoms with van der Waals surface area (Å²) in [7, 11) is 0. The molecule has 0 saturated carbocycles. The van der Waals surface area contributed by atoms with E-state index in [9.17, 15) is 4.79 Å². The van der Waals surface area contributed by atoms with E-state index in [1.165, 1.54) is 5.56 Å². The molecule has 0 radical (unpaired) electrons. The van der Waals surface area contributed by atoms with Crippen LogP contribution in [0.1, 0.15) is 11.1 Å². The fourth-order valence-corrected chi connectivity index (χ4v) is 3.15. The van der Waals surface area contributed by atoms with Gasteiger partial charge in [-0.3, -0.25) is 14.6 Å². The topological polar surface area (TPSA) is 44.8 Å². The number of aryl methyl sites for hydroxylation is 1. The van der Waals surface area contributed by atoms with Gasteiger partial charge in [-0.1, -0.05) is 48.0 Å². The molecule has 1 fully saturated rings. The molecule has 1 N–H and O–H groups in total. The van der Waals surface area contributed by atoms with Gasteiger partial charge in [0.15, 0.2) is 0 Å². The van der Waals surface area contributed by atoms with E-state index in [0.717, 1.165) is 44.0 Å². The number of nitrogens with one attached hydrogen (secondary N) is 1. The van der Waals surface area contributed by atoms with Crippen LogP contribution in [0, 0.1) is 6.92 Å². The van der Waals surface area contributed by atoms with E-state index in [1.807, 2.05) is 42.5 Å². The number of ether oxygens (including phenoxy) is 1. The lowest BCUT2D eigenvalue weighted by Crippen LogP contribution is -2.50. The lowest BCUT2D eigenvalue weighted by Gasteiger charge is -2.34. The number of amides is 1. The van der Waals surface area contributed by atoms with Crippen molar-refractivity contribution in [3.63, 3.8) is 0 Å². The zero-order valence-corrected chi connectivity index (χ0v) is 16.1. The molecule has 144 valence electrons. The van der Waals surface area contributed by atoms with Crippen LogP contribution in [0.2, 0.25) is 0 Å². The van der Waals surface area contributed by atoms with Crippen molar-refractivity contribution in [1.82, 2.24) is 15.1 Å². The maximum atomic E-state index is 12.1. The molecule has 1 heterocycles. The number of carbonyl (C=O) groups is 1. The molecule has 0 aliphatic carbocycles. The molecule has 0 spiro atoms. The summed E-state index contributed by atoms with van der Waals surface area (Å²) in [5, 5.41) is 3.00. The van der Waals surface area contributed by atoms with Crippen molar-refractivity contribution in [2.45, 2.75) is 13.5 Å². The standard InChI is InChI=1S/C22H29N3O2/c1-19-7-9-21(10-8-19)27-16-15-24-11-13-25(14-12-24)18-22(26)23-17-20-5-3-2-4-6-20/h2-10H,11-18H2,1H3,(H,23,26). The Hall–Kier alpha value is -2.37. The maximum Gasteiger partial charge on any atom is 0.234 e. The summed E-state index contributed by atoms with van der Waals surface area (Å²) in [6.45, 7) is 8.54. The first-order valence-corrected chi connectivity index (χ1v) is 9.64. The summed E-state index contributed by atoms with van der Waals surface area (Å²) in [5.41, 5.74) is 2.37. The zero-order valence-electron chi connectivity index (χ0n) is 16.1. The highest BCUT2D eigenvalue weighted by Crippen LogP contribution is 2.11. The smallest absolute Gasteiger partial charge is 0.234 e. The van der Waals surface area contributed by atoms with Crippen molar-refractivity contribution in [2.75, 3.05) is 45.9 Å². The van der Waals surface area contributed by atoms with Gasteiger partial charge in [-0.2, -0.15) is 0 Å². The van der Waals surface area contributed by atoms with Crippen LogP contribution in [0.5, 0.6) is 5.75 Å². The van der Waals surface area contributed by atoms with E-state index in [-0.39, 0.29) is 5.91 Å². The van der Waals surface area contributed by atoms with Crippen LogP contribution in [0.25, 0.3) is 0 Å². The normalized spacial score (nSPS) is 15.4. The van der Waals surface area contributed by atoms with Crippen LogP contribution in [-0.2, 0) is 11.3 Å². The molecule has 1 aliphatic rings. The van der Waals surface area contributed by atoms with Gasteiger partial charge >= 0.3 is 0 Å². The predicted octanol–water partition coefficient (Wildman–Crippen LogP) is 2.31. The average molecular weight is 367 g/mol. The van der Waals surface area contributed by atoms with Gasteiger partial charge in [-0.05, 0) is 24.6 Å². The molecular formula is C22H29N3O2. The largest absolute Gasteiger partial charge is 0.492 e. The third kappa shape index (κ3) is 6.70. The maximum absolute atomic E-state index is 12.1. The SMILES string of the molecule is Cc1ccc(OCCN2CCN(CC(=O)NCc3ccccc3)CC2)cc1. The molecule has 0 bridgehead atoms. The molecule has 2 aromatic carbocycles. The highest BCUT2D eigenvalue weighted by Gasteiger charge is 2.18. The Labute approximate surface area is 161 Å². The monoisotopic (exact) mass is 367 g/mol. The first kappa shape index (κ1) is 19.4. The van der Waals surface area contributed by atoms with Crippen LogP contribution in [0.15, 0.2) is 54.6 Å². The van der Waals surface area contributed by atoms with Crippen LogP contribution in [0.3, 0.4) is 0 Å². The van der Waals surface area contributed by atoms with E-state index in [1.54, 1.807) is 0 Å². The second-order valence-corrected chi connectivity index (χ2v) is 7.04. The van der Waals surface area contributed by atoms with Gasteiger partial charge in [0.1, 0.15) is 12.4 Å². The first-order chi connectivity index (χ1) is 13.2. The van der Waals surface area contributed by atoms with Gasteiger partial charge in [-0.25, -0.2) is 0 Å². The van der Waals surface area contributed by atoms with Gasteiger partial charge < -0.3 is 10.1 Å². The van der Waals surface area contributed by atoms with E-state index in [4.69, 9.17) is 4.74 Å². The predicted molar refractivity (Wildman–Crippen MR) is 108 cm³/mol. The van der Waals surface area contributed by atoms with Crippen LogP contribution < -0.4 is 10.1 Å². The van der Waals surface area contributed by atoms with E-state index in [2.05, 4.69) is 34.2 Å². The minimum Gasteiger partial charge on any atom is -0.492 e. The summed E-state index contributed by atoms with van der Waals surface area (Å²) < 4.78 is 5.81. The molecule has 0 aromatic heterocycles. The van der Waals surface area contributed by atoms with Gasteiger partial charge in [0.2, 0.25) is 5.91 Å². The van der Waals surface area contributed by atoms with Gasteiger partial charge in [0.25, 0.3) is 0 Å². The Balaban J connectivity index is 1.29. The molecule has 0 unspecified atom stereocenters. The molecule has 1 saturated heterocycles. The summed E-state index contributed by atoms with van der Waals surface area (Å²) in [6, 6.07) is 18.2. The summed E-state index contributed by atoms with van der Waals surface area (Å²) >= 11 is 0. The fraction of sp³-hybridized carbons (Fsp3) is 0.409. The van der Waals surface area contributed by atoms with Gasteiger partial charge in [0.05, 0.1) is 6.54 Å². The number of nitrogens with zero attached hydrogens (tertiary/aromatic N) is 2. The number of benzene rings is 2. The third-order valence-electron chi connectivity index (χ3n) is 4.86. The van der Waals surface area contributed by atoms with Crippen molar-refractivity contribution in [2.24, 2.45) is 0 Å². The Morgan fingerprint density at radius 2 is 1.63 bits per heavy atom. The molecular weight excluding hydrogens is 338 g/mol. The molecule has 0 atom stereocenters. The minimum atomic E-state index is 0.0926. The van der Waals surface area contributed by atoms with Crippen molar-refractivity contribution in [1.29, 1.82) is 0 Å². The fourth-order valence-electron chi connectivity index (χ4n) is 3.15. The van der Waals surface area contributed by atoms with Gasteiger partial charge in [0, 0.05) is 39.3 Å². The highest BCUT2D eigenvalue weighted by atomic mass is 16.5. The van der Waals surface area contributed by atoms with Crippen LogP contribution >= 0.6 is 0 Å². The molecule has 27 heavy (non-hydrogen) atoms. The number of rotatable bonds is 8. The van der Waals surface area contributed by atoms with E-state index < -0.39 is 0 Å². The van der Waals surface area contributed by atoms with Crippen molar-refractivity contribution in [3.05, 3.63) is 65.7 Å². The Morgan fingerprint density at radius 1 is 0.963 bits per heavy atom. The Kier molecular flexibility index (Phi) is 7.25. The molecule has 3 rings (SSSR count). The highest BCUT2D eigenvalue weighted by molar-refractivity contribution is 5.78. The minimum absolute atomic E-state index is 0.0926. The zero-order chi connectivity index (χ0) is 18.9. The van der Waals surface area contributed by atoms with Crippen molar-refractivity contribution < 1.29 is 9.53 Å². The van der Waals surface area contributed by atoms with Crippen molar-refractivity contribution in [3.8, 4) is 5.75 Å².